The highest BCUT2D eigenvalue weighted by molar-refractivity contribution is 6.40. The summed E-state index contributed by atoms with van der Waals surface area (Å²) in [5.74, 6) is -1.63. The SMILES string of the molecule is O=C(Nc1ccc(C[C@H](NC2=CC(=O)C23CCCCC3)C(=O)[O-])cc1)c1c(Cl)cncc1Cl. The predicted molar refractivity (Wildman–Crippen MR) is 123 cm³/mol. The highest BCUT2D eigenvalue weighted by Gasteiger charge is 2.48. The van der Waals surface area contributed by atoms with Crippen LogP contribution in [0.15, 0.2) is 48.4 Å². The number of hydrogen-bond acceptors (Lipinski definition) is 6. The van der Waals surface area contributed by atoms with Crippen LogP contribution in [-0.4, -0.2) is 28.7 Å². The number of rotatable bonds is 7. The standard InChI is InChI=1S/C24H23Cl2N3O4/c25-16-12-27-13-17(26)21(16)22(31)28-15-6-4-14(5-7-15)10-18(23(32)33)29-19-11-20(30)24(19)8-2-1-3-9-24/h4-7,11-13,18,29H,1-3,8-10H2,(H,28,31)(H,32,33)/p-1/t18-/m0/s1. The van der Waals surface area contributed by atoms with Crippen molar-refractivity contribution >= 4 is 46.5 Å². The molecule has 0 bridgehead atoms. The zero-order valence-electron chi connectivity index (χ0n) is 17.7. The van der Waals surface area contributed by atoms with Crippen molar-refractivity contribution in [3.8, 4) is 0 Å². The Bertz CT molecular complexity index is 1100. The molecule has 9 heteroatoms. The molecule has 0 aliphatic heterocycles. The lowest BCUT2D eigenvalue weighted by molar-refractivity contribution is -0.308. The maximum Gasteiger partial charge on any atom is 0.258 e. The summed E-state index contributed by atoms with van der Waals surface area (Å²) in [5, 5.41) is 17.8. The summed E-state index contributed by atoms with van der Waals surface area (Å²) in [6, 6.07) is 5.80. The topological polar surface area (TPSA) is 111 Å². The van der Waals surface area contributed by atoms with Crippen LogP contribution in [0.3, 0.4) is 0 Å². The molecule has 1 aromatic carbocycles. The fourth-order valence-electron chi connectivity index (χ4n) is 4.48. The number of carbonyl (C=O) groups is 3. The number of hydrogen-bond donors (Lipinski definition) is 2. The highest BCUT2D eigenvalue weighted by atomic mass is 35.5. The number of allylic oxidation sites excluding steroid dienone is 2. The number of halogens is 2. The number of amides is 1. The van der Waals surface area contributed by atoms with E-state index in [4.69, 9.17) is 23.2 Å². The molecular weight excluding hydrogens is 465 g/mol. The van der Waals surface area contributed by atoms with E-state index in [9.17, 15) is 19.5 Å². The number of carbonyl (C=O) groups excluding carboxylic acids is 3. The van der Waals surface area contributed by atoms with Crippen molar-refractivity contribution in [1.82, 2.24) is 10.3 Å². The van der Waals surface area contributed by atoms with Gasteiger partial charge in [-0.15, -0.1) is 0 Å². The van der Waals surface area contributed by atoms with Crippen LogP contribution in [0, 0.1) is 5.41 Å². The number of aromatic nitrogens is 1. The maximum atomic E-state index is 12.5. The first-order chi connectivity index (χ1) is 15.8. The first-order valence-corrected chi connectivity index (χ1v) is 11.5. The van der Waals surface area contributed by atoms with E-state index >= 15 is 0 Å². The molecule has 1 amide bonds. The summed E-state index contributed by atoms with van der Waals surface area (Å²) in [7, 11) is 0. The zero-order chi connectivity index (χ0) is 23.6. The van der Waals surface area contributed by atoms with Crippen molar-refractivity contribution in [1.29, 1.82) is 0 Å². The summed E-state index contributed by atoms with van der Waals surface area (Å²) in [5.41, 5.74) is 1.52. The molecule has 0 saturated heterocycles. The van der Waals surface area contributed by atoms with Gasteiger partial charge in [0.05, 0.1) is 33.0 Å². The van der Waals surface area contributed by atoms with E-state index in [0.29, 0.717) is 11.4 Å². The normalized spacial score (nSPS) is 17.6. The fourth-order valence-corrected chi connectivity index (χ4v) is 5.01. The van der Waals surface area contributed by atoms with E-state index in [2.05, 4.69) is 15.6 Å². The average molecular weight is 487 g/mol. The number of carboxylic acid groups (broad SMARTS) is 1. The number of aliphatic carboxylic acids is 1. The van der Waals surface area contributed by atoms with Crippen LogP contribution in [0.25, 0.3) is 0 Å². The summed E-state index contributed by atoms with van der Waals surface area (Å²) in [6.45, 7) is 0. The number of ketones is 1. The Morgan fingerprint density at radius 3 is 2.27 bits per heavy atom. The molecule has 1 atom stereocenters. The van der Waals surface area contributed by atoms with Crippen LogP contribution >= 0.6 is 23.2 Å². The molecule has 2 aromatic rings. The fraction of sp³-hybridized carbons (Fsp3) is 0.333. The molecule has 7 nitrogen and oxygen atoms in total. The Kier molecular flexibility index (Phi) is 6.72. The molecule has 4 rings (SSSR count). The smallest absolute Gasteiger partial charge is 0.258 e. The second kappa shape index (κ2) is 9.53. The Hall–Kier alpha value is -2.90. The molecule has 2 N–H and O–H groups in total. The van der Waals surface area contributed by atoms with Gasteiger partial charge in [0.1, 0.15) is 0 Å². The van der Waals surface area contributed by atoms with Crippen molar-refractivity contribution in [2.75, 3.05) is 5.32 Å². The van der Waals surface area contributed by atoms with Gasteiger partial charge in [0.2, 0.25) is 0 Å². The lowest BCUT2D eigenvalue weighted by Crippen LogP contribution is -2.54. The molecule has 2 aliphatic rings. The van der Waals surface area contributed by atoms with Gasteiger partial charge in [0.25, 0.3) is 5.91 Å². The first kappa shape index (κ1) is 23.3. The second-order valence-corrected chi connectivity index (χ2v) is 9.23. The lowest BCUT2D eigenvalue weighted by Gasteiger charge is -2.44. The maximum absolute atomic E-state index is 12.5. The molecule has 2 aliphatic carbocycles. The van der Waals surface area contributed by atoms with Crippen molar-refractivity contribution in [3.63, 3.8) is 0 Å². The van der Waals surface area contributed by atoms with Gasteiger partial charge in [-0.1, -0.05) is 54.6 Å². The van der Waals surface area contributed by atoms with E-state index in [1.165, 1.54) is 18.5 Å². The number of anilines is 1. The lowest BCUT2D eigenvalue weighted by atomic mass is 9.62. The Labute approximate surface area is 201 Å². The number of nitrogens with zero attached hydrogens (tertiary/aromatic N) is 1. The van der Waals surface area contributed by atoms with Crippen LogP contribution in [0.1, 0.15) is 48.0 Å². The third-order valence-corrected chi connectivity index (χ3v) is 6.89. The highest BCUT2D eigenvalue weighted by Crippen LogP contribution is 2.48. The van der Waals surface area contributed by atoms with Crippen LogP contribution < -0.4 is 15.7 Å². The average Bonchev–Trinajstić information content (AvgIpc) is 2.79. The molecule has 1 aromatic heterocycles. The molecule has 0 radical (unpaired) electrons. The summed E-state index contributed by atoms with van der Waals surface area (Å²) >= 11 is 12.0. The largest absolute Gasteiger partial charge is 0.548 e. The molecule has 33 heavy (non-hydrogen) atoms. The van der Waals surface area contributed by atoms with Gasteiger partial charge in [-0.05, 0) is 37.0 Å². The third-order valence-electron chi connectivity index (χ3n) is 6.32. The van der Waals surface area contributed by atoms with E-state index < -0.39 is 23.3 Å². The summed E-state index contributed by atoms with van der Waals surface area (Å²) in [4.78, 5) is 40.4. The van der Waals surface area contributed by atoms with E-state index in [1.54, 1.807) is 24.3 Å². The Morgan fingerprint density at radius 1 is 1.06 bits per heavy atom. The van der Waals surface area contributed by atoms with Gasteiger partial charge in [0, 0.05) is 29.9 Å². The quantitative estimate of drug-likeness (QED) is 0.620. The Balaban J connectivity index is 1.42. The van der Waals surface area contributed by atoms with Crippen LogP contribution in [-0.2, 0) is 16.0 Å². The minimum atomic E-state index is -1.24. The number of nitrogens with one attached hydrogen (secondary N) is 2. The molecule has 1 fully saturated rings. The predicted octanol–water partition coefficient (Wildman–Crippen LogP) is 3.31. The van der Waals surface area contributed by atoms with Crippen molar-refractivity contribution in [2.24, 2.45) is 5.41 Å². The molecule has 172 valence electrons. The van der Waals surface area contributed by atoms with Crippen LogP contribution in [0.5, 0.6) is 0 Å². The number of benzene rings is 1. The summed E-state index contributed by atoms with van der Waals surface area (Å²) < 4.78 is 0. The van der Waals surface area contributed by atoms with Crippen LogP contribution in [0.2, 0.25) is 10.0 Å². The van der Waals surface area contributed by atoms with Gasteiger partial charge in [-0.2, -0.15) is 0 Å². The number of pyridine rings is 1. The third kappa shape index (κ3) is 4.75. The molecule has 1 saturated carbocycles. The minimum Gasteiger partial charge on any atom is -0.548 e. The zero-order valence-corrected chi connectivity index (χ0v) is 19.2. The van der Waals surface area contributed by atoms with Gasteiger partial charge in [0.15, 0.2) is 5.78 Å². The number of carboxylic acids is 1. The van der Waals surface area contributed by atoms with Crippen LogP contribution in [0.4, 0.5) is 5.69 Å². The van der Waals surface area contributed by atoms with Gasteiger partial charge >= 0.3 is 0 Å². The molecule has 1 heterocycles. The van der Waals surface area contributed by atoms with Crippen molar-refractivity contribution < 1.29 is 19.5 Å². The van der Waals surface area contributed by atoms with Crippen molar-refractivity contribution in [3.05, 3.63) is 69.6 Å². The summed E-state index contributed by atoms with van der Waals surface area (Å²) in [6.07, 6.45) is 8.87. The first-order valence-electron chi connectivity index (χ1n) is 10.7. The monoisotopic (exact) mass is 486 g/mol. The molecule has 1 spiro atoms. The van der Waals surface area contributed by atoms with Gasteiger partial charge in [-0.25, -0.2) is 0 Å². The van der Waals surface area contributed by atoms with E-state index in [1.807, 2.05) is 0 Å². The minimum absolute atomic E-state index is 0.0799. The van der Waals surface area contributed by atoms with E-state index in [-0.39, 0.29) is 27.8 Å². The van der Waals surface area contributed by atoms with E-state index in [0.717, 1.165) is 37.7 Å². The van der Waals surface area contributed by atoms with Gasteiger partial charge < -0.3 is 20.5 Å². The molecular formula is C24H22Cl2N3O4-. The van der Waals surface area contributed by atoms with Gasteiger partial charge in [-0.3, -0.25) is 14.6 Å². The second-order valence-electron chi connectivity index (χ2n) is 8.41. The van der Waals surface area contributed by atoms with Crippen molar-refractivity contribution in [2.45, 2.75) is 44.6 Å². The molecule has 0 unspecified atom stereocenters. The Morgan fingerprint density at radius 2 is 1.70 bits per heavy atom.